The SMILES string of the molecule is Cc1cnc(N)nc1N(C)Cc1cscn1. The zero-order valence-electron chi connectivity index (χ0n) is 9.21. The standard InChI is InChI=1S/C10H13N5S/c1-7-3-12-10(11)14-9(7)15(2)4-8-5-16-6-13-8/h3,5-6H,4H2,1-2H3,(H2,11,12,14). The first-order valence-electron chi connectivity index (χ1n) is 4.84. The summed E-state index contributed by atoms with van der Waals surface area (Å²) in [7, 11) is 1.97. The van der Waals surface area contributed by atoms with Gasteiger partial charge in [-0.15, -0.1) is 11.3 Å². The number of aromatic nitrogens is 3. The van der Waals surface area contributed by atoms with Gasteiger partial charge in [-0.25, -0.2) is 9.97 Å². The molecule has 0 unspecified atom stereocenters. The van der Waals surface area contributed by atoms with E-state index in [1.54, 1.807) is 17.5 Å². The fourth-order valence-corrected chi connectivity index (χ4v) is 2.02. The van der Waals surface area contributed by atoms with Crippen molar-refractivity contribution >= 4 is 23.1 Å². The van der Waals surface area contributed by atoms with Gasteiger partial charge in [0, 0.05) is 24.2 Å². The molecule has 0 amide bonds. The first kappa shape index (κ1) is 10.8. The summed E-state index contributed by atoms with van der Waals surface area (Å²) in [6, 6.07) is 0. The molecule has 2 aromatic rings. The first-order valence-corrected chi connectivity index (χ1v) is 5.78. The third kappa shape index (κ3) is 2.27. The Morgan fingerprint density at radius 3 is 2.94 bits per heavy atom. The van der Waals surface area contributed by atoms with E-state index in [4.69, 9.17) is 5.73 Å². The van der Waals surface area contributed by atoms with Crippen molar-refractivity contribution in [2.75, 3.05) is 17.7 Å². The Kier molecular flexibility index (Phi) is 3.00. The molecule has 2 aromatic heterocycles. The topological polar surface area (TPSA) is 67.9 Å². The molecule has 84 valence electrons. The number of nitrogens with two attached hydrogens (primary N) is 1. The van der Waals surface area contributed by atoms with E-state index in [1.165, 1.54) is 0 Å². The summed E-state index contributed by atoms with van der Waals surface area (Å²) in [5.74, 6) is 1.14. The molecule has 0 fully saturated rings. The Morgan fingerprint density at radius 2 is 2.25 bits per heavy atom. The maximum atomic E-state index is 5.58. The fourth-order valence-electron chi connectivity index (χ4n) is 1.47. The third-order valence-electron chi connectivity index (χ3n) is 2.21. The van der Waals surface area contributed by atoms with Gasteiger partial charge in [0.05, 0.1) is 17.7 Å². The minimum Gasteiger partial charge on any atom is -0.368 e. The molecular formula is C10H13N5S. The van der Waals surface area contributed by atoms with Crippen LogP contribution in [0.5, 0.6) is 0 Å². The number of aryl methyl sites for hydroxylation is 1. The van der Waals surface area contributed by atoms with E-state index in [0.717, 1.165) is 23.6 Å². The van der Waals surface area contributed by atoms with Gasteiger partial charge >= 0.3 is 0 Å². The molecule has 5 nitrogen and oxygen atoms in total. The van der Waals surface area contributed by atoms with Crippen molar-refractivity contribution in [1.82, 2.24) is 15.0 Å². The van der Waals surface area contributed by atoms with Crippen LogP contribution >= 0.6 is 11.3 Å². The maximum Gasteiger partial charge on any atom is 0.221 e. The number of anilines is 2. The largest absolute Gasteiger partial charge is 0.368 e. The first-order chi connectivity index (χ1) is 7.66. The lowest BCUT2D eigenvalue weighted by Gasteiger charge is -2.18. The van der Waals surface area contributed by atoms with Crippen molar-refractivity contribution in [1.29, 1.82) is 0 Å². The van der Waals surface area contributed by atoms with Crippen LogP contribution in [0.1, 0.15) is 11.3 Å². The van der Waals surface area contributed by atoms with Crippen LogP contribution in [-0.2, 0) is 6.54 Å². The van der Waals surface area contributed by atoms with Gasteiger partial charge in [-0.05, 0) is 6.92 Å². The Bertz CT molecular complexity index is 468. The van der Waals surface area contributed by atoms with Crippen molar-refractivity contribution in [2.45, 2.75) is 13.5 Å². The minimum atomic E-state index is 0.297. The summed E-state index contributed by atoms with van der Waals surface area (Å²) in [5, 5.41) is 2.02. The van der Waals surface area contributed by atoms with E-state index in [0.29, 0.717) is 5.95 Å². The second-order valence-corrected chi connectivity index (χ2v) is 4.29. The highest BCUT2D eigenvalue weighted by molar-refractivity contribution is 7.07. The Morgan fingerprint density at radius 1 is 1.44 bits per heavy atom. The molecule has 2 rings (SSSR count). The van der Waals surface area contributed by atoms with E-state index in [1.807, 2.05) is 29.8 Å². The van der Waals surface area contributed by atoms with Gasteiger partial charge in [0.2, 0.25) is 5.95 Å². The summed E-state index contributed by atoms with van der Waals surface area (Å²) in [5.41, 5.74) is 9.44. The maximum absolute atomic E-state index is 5.58. The highest BCUT2D eigenvalue weighted by Crippen LogP contribution is 2.17. The molecule has 0 radical (unpaired) electrons. The lowest BCUT2D eigenvalue weighted by molar-refractivity contribution is 0.864. The molecule has 2 N–H and O–H groups in total. The number of nitrogens with zero attached hydrogens (tertiary/aromatic N) is 4. The Hall–Kier alpha value is -1.69. The second kappa shape index (κ2) is 4.44. The van der Waals surface area contributed by atoms with Gasteiger partial charge in [0.15, 0.2) is 0 Å². The molecule has 0 aromatic carbocycles. The van der Waals surface area contributed by atoms with Crippen LogP contribution in [0.2, 0.25) is 0 Å². The van der Waals surface area contributed by atoms with Crippen LogP contribution in [0, 0.1) is 6.92 Å². The number of hydrogen-bond acceptors (Lipinski definition) is 6. The van der Waals surface area contributed by atoms with Gasteiger partial charge in [-0.2, -0.15) is 4.98 Å². The van der Waals surface area contributed by atoms with Crippen LogP contribution in [0.15, 0.2) is 17.1 Å². The molecule has 0 aliphatic heterocycles. The molecule has 0 aliphatic carbocycles. The van der Waals surface area contributed by atoms with Gasteiger partial charge in [-0.3, -0.25) is 0 Å². The van der Waals surface area contributed by atoms with Crippen molar-refractivity contribution < 1.29 is 0 Å². The summed E-state index contributed by atoms with van der Waals surface area (Å²) >= 11 is 1.59. The number of rotatable bonds is 3. The zero-order valence-corrected chi connectivity index (χ0v) is 10.0. The van der Waals surface area contributed by atoms with Gasteiger partial charge in [0.1, 0.15) is 5.82 Å². The number of hydrogen-bond donors (Lipinski definition) is 1. The van der Waals surface area contributed by atoms with Crippen molar-refractivity contribution in [2.24, 2.45) is 0 Å². The molecule has 2 heterocycles. The van der Waals surface area contributed by atoms with Crippen LogP contribution in [0.4, 0.5) is 11.8 Å². The lowest BCUT2D eigenvalue weighted by atomic mass is 10.3. The third-order valence-corrected chi connectivity index (χ3v) is 2.84. The molecule has 6 heteroatoms. The van der Waals surface area contributed by atoms with Crippen molar-refractivity contribution in [3.63, 3.8) is 0 Å². The molecule has 0 atom stereocenters. The van der Waals surface area contributed by atoms with Crippen molar-refractivity contribution in [3.8, 4) is 0 Å². The number of nitrogen functional groups attached to an aromatic ring is 1. The van der Waals surface area contributed by atoms with Crippen molar-refractivity contribution in [3.05, 3.63) is 28.3 Å². The zero-order chi connectivity index (χ0) is 11.5. The highest BCUT2D eigenvalue weighted by Gasteiger charge is 2.09. The molecule has 0 bridgehead atoms. The van der Waals surface area contributed by atoms with Crippen LogP contribution in [0.3, 0.4) is 0 Å². The molecule has 0 saturated carbocycles. The summed E-state index contributed by atoms with van der Waals surface area (Å²) < 4.78 is 0. The minimum absolute atomic E-state index is 0.297. The van der Waals surface area contributed by atoms with Gasteiger partial charge in [-0.1, -0.05) is 0 Å². The van der Waals surface area contributed by atoms with Crippen LogP contribution in [0.25, 0.3) is 0 Å². The predicted octanol–water partition coefficient (Wildman–Crippen LogP) is 1.46. The highest BCUT2D eigenvalue weighted by atomic mass is 32.1. The average molecular weight is 235 g/mol. The summed E-state index contributed by atoms with van der Waals surface area (Å²) in [4.78, 5) is 14.4. The van der Waals surface area contributed by atoms with Crippen LogP contribution in [-0.4, -0.2) is 22.0 Å². The van der Waals surface area contributed by atoms with E-state index < -0.39 is 0 Å². The molecule has 0 aliphatic rings. The average Bonchev–Trinajstić information content (AvgIpc) is 2.74. The van der Waals surface area contributed by atoms with E-state index >= 15 is 0 Å². The number of thiazole rings is 1. The quantitative estimate of drug-likeness (QED) is 0.872. The summed E-state index contributed by atoms with van der Waals surface area (Å²) in [6.07, 6.45) is 1.73. The van der Waals surface area contributed by atoms with Gasteiger partial charge in [0.25, 0.3) is 0 Å². The molecule has 16 heavy (non-hydrogen) atoms. The van der Waals surface area contributed by atoms with Crippen LogP contribution < -0.4 is 10.6 Å². The smallest absolute Gasteiger partial charge is 0.221 e. The predicted molar refractivity (Wildman–Crippen MR) is 65.4 cm³/mol. The Labute approximate surface area is 98.0 Å². The second-order valence-electron chi connectivity index (χ2n) is 3.57. The Balaban J connectivity index is 2.20. The monoisotopic (exact) mass is 235 g/mol. The van der Waals surface area contributed by atoms with E-state index in [2.05, 4.69) is 15.0 Å². The molecule has 0 saturated heterocycles. The van der Waals surface area contributed by atoms with E-state index in [-0.39, 0.29) is 0 Å². The molecular weight excluding hydrogens is 222 g/mol. The molecule has 0 spiro atoms. The van der Waals surface area contributed by atoms with E-state index in [9.17, 15) is 0 Å². The van der Waals surface area contributed by atoms with Gasteiger partial charge < -0.3 is 10.6 Å². The summed E-state index contributed by atoms with van der Waals surface area (Å²) in [6.45, 7) is 2.69. The normalized spacial score (nSPS) is 10.4. The fraction of sp³-hybridized carbons (Fsp3) is 0.300. The lowest BCUT2D eigenvalue weighted by Crippen LogP contribution is -2.19.